The highest BCUT2D eigenvalue weighted by molar-refractivity contribution is 5.82. The molecular formula is C16H23N3. The summed E-state index contributed by atoms with van der Waals surface area (Å²) in [5.41, 5.74) is 3.54. The molecule has 0 aliphatic carbocycles. The van der Waals surface area contributed by atoms with E-state index in [0.717, 1.165) is 38.2 Å². The summed E-state index contributed by atoms with van der Waals surface area (Å²) < 4.78 is 2.07. The van der Waals surface area contributed by atoms with E-state index in [1.807, 2.05) is 0 Å². The quantitative estimate of drug-likeness (QED) is 0.607. The first kappa shape index (κ1) is 13.8. The van der Waals surface area contributed by atoms with Crippen molar-refractivity contribution in [3.05, 3.63) is 42.1 Å². The normalized spacial score (nSPS) is 11.1. The standard InChI is InChI=1S/C16H23N3/c1-4-10-17-11-15-14-8-6-7-9-16(14)19(18-15)12-13(3)5-2/h6-9,17H,3-5,10-12H2,1-2H3. The molecule has 19 heavy (non-hydrogen) atoms. The van der Waals surface area contributed by atoms with Crippen LogP contribution >= 0.6 is 0 Å². The Labute approximate surface area is 115 Å². The fourth-order valence-electron chi connectivity index (χ4n) is 2.15. The monoisotopic (exact) mass is 257 g/mol. The number of nitrogens with one attached hydrogen (secondary N) is 1. The predicted octanol–water partition coefficient (Wildman–Crippen LogP) is 3.50. The van der Waals surface area contributed by atoms with E-state index in [4.69, 9.17) is 5.10 Å². The van der Waals surface area contributed by atoms with Crippen molar-refractivity contribution in [1.29, 1.82) is 0 Å². The van der Waals surface area contributed by atoms with Crippen LogP contribution in [0.2, 0.25) is 0 Å². The number of benzene rings is 1. The van der Waals surface area contributed by atoms with Crippen LogP contribution in [0.25, 0.3) is 10.9 Å². The third kappa shape index (κ3) is 3.24. The van der Waals surface area contributed by atoms with Crippen molar-refractivity contribution in [2.75, 3.05) is 6.54 Å². The SMILES string of the molecule is C=C(CC)Cn1nc(CNCCC)c2ccccc21. The molecule has 0 amide bonds. The van der Waals surface area contributed by atoms with Crippen molar-refractivity contribution in [3.63, 3.8) is 0 Å². The molecule has 0 fully saturated rings. The van der Waals surface area contributed by atoms with Crippen LogP contribution < -0.4 is 5.32 Å². The first-order valence-electron chi connectivity index (χ1n) is 7.08. The number of aromatic nitrogens is 2. The minimum atomic E-state index is 0.810. The highest BCUT2D eigenvalue weighted by atomic mass is 15.3. The molecule has 0 saturated carbocycles. The molecule has 0 unspecified atom stereocenters. The van der Waals surface area contributed by atoms with Gasteiger partial charge in [0.05, 0.1) is 17.8 Å². The van der Waals surface area contributed by atoms with Gasteiger partial charge in [-0.1, -0.05) is 44.2 Å². The van der Waals surface area contributed by atoms with Gasteiger partial charge in [0.25, 0.3) is 0 Å². The van der Waals surface area contributed by atoms with Crippen LogP contribution in [0.5, 0.6) is 0 Å². The van der Waals surface area contributed by atoms with Gasteiger partial charge in [0.15, 0.2) is 0 Å². The lowest BCUT2D eigenvalue weighted by Gasteiger charge is -2.04. The van der Waals surface area contributed by atoms with Crippen LogP contribution in [0.1, 0.15) is 32.4 Å². The van der Waals surface area contributed by atoms with Gasteiger partial charge in [-0.15, -0.1) is 0 Å². The van der Waals surface area contributed by atoms with Crippen molar-refractivity contribution in [3.8, 4) is 0 Å². The zero-order valence-corrected chi connectivity index (χ0v) is 11.9. The van der Waals surface area contributed by atoms with Crippen LogP contribution in [0, 0.1) is 0 Å². The smallest absolute Gasteiger partial charge is 0.0841 e. The molecule has 0 atom stereocenters. The third-order valence-electron chi connectivity index (χ3n) is 3.33. The van der Waals surface area contributed by atoms with Gasteiger partial charge in [0.2, 0.25) is 0 Å². The van der Waals surface area contributed by atoms with E-state index in [9.17, 15) is 0 Å². The summed E-state index contributed by atoms with van der Waals surface area (Å²) in [4.78, 5) is 0. The van der Waals surface area contributed by atoms with Gasteiger partial charge < -0.3 is 5.32 Å². The van der Waals surface area contributed by atoms with E-state index in [0.29, 0.717) is 0 Å². The number of rotatable bonds is 7. The molecule has 0 bridgehead atoms. The summed E-state index contributed by atoms with van der Waals surface area (Å²) in [5, 5.41) is 9.41. The maximum atomic E-state index is 4.74. The fourth-order valence-corrected chi connectivity index (χ4v) is 2.15. The fraction of sp³-hybridized carbons (Fsp3) is 0.438. The predicted molar refractivity (Wildman–Crippen MR) is 81.2 cm³/mol. The second kappa shape index (κ2) is 6.53. The van der Waals surface area contributed by atoms with E-state index >= 15 is 0 Å². The van der Waals surface area contributed by atoms with E-state index in [1.54, 1.807) is 0 Å². The molecular weight excluding hydrogens is 234 g/mol. The Morgan fingerprint density at radius 1 is 1.32 bits per heavy atom. The molecule has 2 aromatic rings. The maximum absolute atomic E-state index is 4.74. The molecule has 3 heteroatoms. The minimum absolute atomic E-state index is 0.810. The van der Waals surface area contributed by atoms with Crippen LogP contribution in [0.15, 0.2) is 36.4 Å². The average Bonchev–Trinajstić information content (AvgIpc) is 2.78. The molecule has 2 rings (SSSR count). The zero-order chi connectivity index (χ0) is 13.7. The molecule has 1 N–H and O–H groups in total. The van der Waals surface area contributed by atoms with Gasteiger partial charge in [0.1, 0.15) is 0 Å². The molecule has 3 nitrogen and oxygen atoms in total. The Morgan fingerprint density at radius 2 is 2.11 bits per heavy atom. The Hall–Kier alpha value is -1.61. The molecule has 0 aliphatic heterocycles. The molecule has 0 radical (unpaired) electrons. The maximum Gasteiger partial charge on any atom is 0.0841 e. The van der Waals surface area contributed by atoms with Crippen LogP contribution in [-0.4, -0.2) is 16.3 Å². The second-order valence-corrected chi connectivity index (χ2v) is 4.90. The average molecular weight is 257 g/mol. The Bertz CT molecular complexity index is 554. The Morgan fingerprint density at radius 3 is 2.84 bits per heavy atom. The van der Waals surface area contributed by atoms with Crippen LogP contribution in [0.3, 0.4) is 0 Å². The lowest BCUT2D eigenvalue weighted by molar-refractivity contribution is 0.629. The number of para-hydroxylation sites is 1. The van der Waals surface area contributed by atoms with Crippen LogP contribution in [0.4, 0.5) is 0 Å². The van der Waals surface area contributed by atoms with Gasteiger partial charge in [-0.3, -0.25) is 4.68 Å². The lowest BCUT2D eigenvalue weighted by atomic mass is 10.2. The summed E-state index contributed by atoms with van der Waals surface area (Å²) in [7, 11) is 0. The van der Waals surface area contributed by atoms with Gasteiger partial charge in [0, 0.05) is 11.9 Å². The Balaban J connectivity index is 2.28. The number of nitrogens with zero attached hydrogens (tertiary/aromatic N) is 2. The van der Waals surface area contributed by atoms with E-state index in [1.165, 1.54) is 16.5 Å². The number of allylic oxidation sites excluding steroid dienone is 1. The van der Waals surface area contributed by atoms with Gasteiger partial charge >= 0.3 is 0 Å². The first-order valence-corrected chi connectivity index (χ1v) is 7.08. The van der Waals surface area contributed by atoms with Crippen molar-refractivity contribution >= 4 is 10.9 Å². The van der Waals surface area contributed by atoms with Crippen molar-refractivity contribution in [2.24, 2.45) is 0 Å². The molecule has 1 aromatic carbocycles. The van der Waals surface area contributed by atoms with Crippen LogP contribution in [-0.2, 0) is 13.1 Å². The highest BCUT2D eigenvalue weighted by Gasteiger charge is 2.09. The second-order valence-electron chi connectivity index (χ2n) is 4.90. The highest BCUT2D eigenvalue weighted by Crippen LogP contribution is 2.19. The summed E-state index contributed by atoms with van der Waals surface area (Å²) in [6, 6.07) is 8.43. The lowest BCUT2D eigenvalue weighted by Crippen LogP contribution is -2.14. The van der Waals surface area contributed by atoms with Crippen molar-refractivity contribution in [2.45, 2.75) is 39.8 Å². The summed E-state index contributed by atoms with van der Waals surface area (Å²) in [5.74, 6) is 0. The zero-order valence-electron chi connectivity index (χ0n) is 11.9. The molecule has 1 heterocycles. The Kier molecular flexibility index (Phi) is 4.74. The largest absolute Gasteiger partial charge is 0.311 e. The topological polar surface area (TPSA) is 29.9 Å². The van der Waals surface area contributed by atoms with Gasteiger partial charge in [-0.2, -0.15) is 5.10 Å². The van der Waals surface area contributed by atoms with Crippen molar-refractivity contribution in [1.82, 2.24) is 15.1 Å². The molecule has 0 saturated heterocycles. The molecule has 102 valence electrons. The number of fused-ring (bicyclic) bond motifs is 1. The number of hydrogen-bond donors (Lipinski definition) is 1. The first-order chi connectivity index (χ1) is 9.26. The summed E-state index contributed by atoms with van der Waals surface area (Å²) in [6.07, 6.45) is 2.14. The third-order valence-corrected chi connectivity index (χ3v) is 3.33. The van der Waals surface area contributed by atoms with Crippen molar-refractivity contribution < 1.29 is 0 Å². The summed E-state index contributed by atoms with van der Waals surface area (Å²) >= 11 is 0. The summed E-state index contributed by atoms with van der Waals surface area (Å²) in [6.45, 7) is 11.1. The molecule has 0 spiro atoms. The number of hydrogen-bond acceptors (Lipinski definition) is 2. The molecule has 1 aromatic heterocycles. The van der Waals surface area contributed by atoms with E-state index in [-0.39, 0.29) is 0 Å². The van der Waals surface area contributed by atoms with E-state index < -0.39 is 0 Å². The van der Waals surface area contributed by atoms with Gasteiger partial charge in [-0.05, 0) is 25.5 Å². The molecule has 0 aliphatic rings. The van der Waals surface area contributed by atoms with Gasteiger partial charge in [-0.25, -0.2) is 0 Å². The van der Waals surface area contributed by atoms with E-state index in [2.05, 4.69) is 54.7 Å². The minimum Gasteiger partial charge on any atom is -0.311 e.